The van der Waals surface area contributed by atoms with Gasteiger partial charge in [-0.3, -0.25) is 0 Å². The van der Waals surface area contributed by atoms with E-state index in [1.54, 1.807) is 0 Å². The van der Waals surface area contributed by atoms with Crippen molar-refractivity contribution in [3.8, 4) is 5.69 Å². The van der Waals surface area contributed by atoms with E-state index in [0.717, 1.165) is 30.0 Å². The quantitative estimate of drug-likeness (QED) is 0.333. The van der Waals surface area contributed by atoms with Crippen LogP contribution in [-0.2, 0) is 0 Å². The first-order chi connectivity index (χ1) is 12.7. The highest BCUT2D eigenvalue weighted by Gasteiger charge is 2.19. The molecule has 0 atom stereocenters. The number of rotatable bonds is 4. The van der Waals surface area contributed by atoms with Gasteiger partial charge in [0, 0.05) is 59.5 Å². The van der Waals surface area contributed by atoms with Gasteiger partial charge in [-0.05, 0) is 44.2 Å². The van der Waals surface area contributed by atoms with Gasteiger partial charge in [-0.25, -0.2) is 0 Å². The number of aromatic nitrogens is 1. The first-order valence-corrected chi connectivity index (χ1v) is 9.19. The normalized spacial score (nSPS) is 10.7. The Balaban J connectivity index is 0.00000210. The monoisotopic (exact) mass is 377 g/mol. The van der Waals surface area contributed by atoms with E-state index in [1.165, 1.54) is 22.0 Å². The molecular weight excluding hydrogens is 354 g/mol. The maximum absolute atomic E-state index is 6.11. The Bertz CT molecular complexity index is 1070. The zero-order valence-electron chi connectivity index (χ0n) is 15.7. The van der Waals surface area contributed by atoms with Crippen molar-refractivity contribution in [2.75, 3.05) is 23.7 Å². The number of nitrogen functional groups attached to an aromatic ring is 1. The number of para-hydroxylation sites is 1. The van der Waals surface area contributed by atoms with E-state index in [1.807, 2.05) is 12.1 Å². The molecule has 0 radical (unpaired) electrons. The Kier molecular flexibility index (Phi) is 5.52. The topological polar surface area (TPSA) is 33.1 Å². The summed E-state index contributed by atoms with van der Waals surface area (Å²) in [7, 11) is 0. The lowest BCUT2D eigenvalue weighted by Crippen LogP contribution is -3.00. The highest BCUT2D eigenvalue weighted by Crippen LogP contribution is 2.26. The highest BCUT2D eigenvalue weighted by atomic mass is 35.5. The van der Waals surface area contributed by atoms with E-state index < -0.39 is 0 Å². The van der Waals surface area contributed by atoms with Crippen LogP contribution in [0, 0.1) is 0 Å². The molecule has 0 aliphatic heterocycles. The third-order valence-electron chi connectivity index (χ3n) is 5.00. The van der Waals surface area contributed by atoms with Crippen molar-refractivity contribution in [3.63, 3.8) is 0 Å². The molecule has 27 heavy (non-hydrogen) atoms. The van der Waals surface area contributed by atoms with Crippen molar-refractivity contribution < 1.29 is 17.0 Å². The summed E-state index contributed by atoms with van der Waals surface area (Å²) in [5.74, 6) is 0. The van der Waals surface area contributed by atoms with Crippen LogP contribution in [0.1, 0.15) is 13.8 Å². The zero-order chi connectivity index (χ0) is 18.1. The number of pyridine rings is 1. The van der Waals surface area contributed by atoms with Crippen LogP contribution in [0.2, 0.25) is 0 Å². The average Bonchev–Trinajstić information content (AvgIpc) is 2.68. The first-order valence-electron chi connectivity index (χ1n) is 9.19. The number of halogens is 1. The second-order valence-electron chi connectivity index (χ2n) is 6.55. The van der Waals surface area contributed by atoms with Crippen molar-refractivity contribution in [1.29, 1.82) is 0 Å². The molecule has 3 aromatic carbocycles. The maximum Gasteiger partial charge on any atom is 0.221 e. The average molecular weight is 378 g/mol. The number of anilines is 2. The van der Waals surface area contributed by atoms with E-state index in [9.17, 15) is 0 Å². The van der Waals surface area contributed by atoms with E-state index in [-0.39, 0.29) is 12.4 Å². The molecule has 0 amide bonds. The van der Waals surface area contributed by atoms with Gasteiger partial charge in [-0.15, -0.1) is 0 Å². The molecule has 0 bridgehead atoms. The molecule has 4 heteroatoms. The summed E-state index contributed by atoms with van der Waals surface area (Å²) in [4.78, 5) is 2.37. The van der Waals surface area contributed by atoms with Crippen molar-refractivity contribution in [3.05, 3.63) is 72.8 Å². The van der Waals surface area contributed by atoms with Gasteiger partial charge in [0.05, 0.1) is 0 Å². The summed E-state index contributed by atoms with van der Waals surface area (Å²) >= 11 is 0. The largest absolute Gasteiger partial charge is 1.00 e. The number of benzene rings is 3. The second-order valence-corrected chi connectivity index (χ2v) is 6.55. The molecular formula is C23H24ClN3. The Morgan fingerprint density at radius 2 is 1.41 bits per heavy atom. The molecule has 0 saturated heterocycles. The highest BCUT2D eigenvalue weighted by molar-refractivity contribution is 5.91. The van der Waals surface area contributed by atoms with Crippen LogP contribution in [0.4, 0.5) is 11.4 Å². The minimum atomic E-state index is 0. The fraction of sp³-hybridized carbons (Fsp3) is 0.174. The van der Waals surface area contributed by atoms with Crippen molar-refractivity contribution in [2.24, 2.45) is 0 Å². The van der Waals surface area contributed by atoms with E-state index in [4.69, 9.17) is 5.73 Å². The van der Waals surface area contributed by atoms with Crippen LogP contribution in [0.5, 0.6) is 0 Å². The second kappa shape index (κ2) is 7.85. The summed E-state index contributed by atoms with van der Waals surface area (Å²) in [6.07, 6.45) is 0. The molecule has 0 aliphatic rings. The van der Waals surface area contributed by atoms with Gasteiger partial charge in [0.2, 0.25) is 16.7 Å². The first kappa shape index (κ1) is 19.0. The molecule has 1 heterocycles. The van der Waals surface area contributed by atoms with Crippen molar-refractivity contribution in [2.45, 2.75) is 13.8 Å². The fourth-order valence-electron chi connectivity index (χ4n) is 3.66. The SMILES string of the molecule is CCN(CC)c1ccc2cc3ccc(N)cc3[n+](-c3ccccc3)c2c1.[Cl-]. The molecule has 0 aliphatic carbocycles. The number of hydrogen-bond acceptors (Lipinski definition) is 2. The van der Waals surface area contributed by atoms with Gasteiger partial charge < -0.3 is 23.0 Å². The van der Waals surface area contributed by atoms with Crippen LogP contribution in [0.3, 0.4) is 0 Å². The lowest BCUT2D eigenvalue weighted by atomic mass is 10.1. The summed E-state index contributed by atoms with van der Waals surface area (Å²) in [5, 5.41) is 2.41. The smallest absolute Gasteiger partial charge is 0.221 e. The summed E-state index contributed by atoms with van der Waals surface area (Å²) in [6, 6.07) is 25.6. The van der Waals surface area contributed by atoms with Crippen LogP contribution >= 0.6 is 0 Å². The standard InChI is InChI=1S/C23H23N3.ClH/c1-3-25(4-2)21-13-11-18-14-17-10-12-19(24)15-22(17)26(23(18)16-21)20-8-6-5-7-9-20;/h5-16,24H,3-4H2,1-2H3;1H. The number of nitrogens with two attached hydrogens (primary N) is 1. The van der Waals surface area contributed by atoms with Crippen molar-refractivity contribution in [1.82, 2.24) is 0 Å². The van der Waals surface area contributed by atoms with E-state index >= 15 is 0 Å². The molecule has 0 spiro atoms. The minimum Gasteiger partial charge on any atom is -1.00 e. The summed E-state index contributed by atoms with van der Waals surface area (Å²) in [5.41, 5.74) is 11.6. The minimum absolute atomic E-state index is 0. The van der Waals surface area contributed by atoms with Gasteiger partial charge in [-0.2, -0.15) is 4.57 Å². The lowest BCUT2D eigenvalue weighted by molar-refractivity contribution is -0.537. The Morgan fingerprint density at radius 1 is 0.778 bits per heavy atom. The molecule has 2 N–H and O–H groups in total. The third kappa shape index (κ3) is 3.43. The van der Waals surface area contributed by atoms with Gasteiger partial charge in [0.25, 0.3) is 0 Å². The molecule has 0 unspecified atom stereocenters. The zero-order valence-corrected chi connectivity index (χ0v) is 16.4. The predicted octanol–water partition coefficient (Wildman–Crippen LogP) is 1.70. The van der Waals surface area contributed by atoms with Crippen LogP contribution in [0.15, 0.2) is 72.8 Å². The van der Waals surface area contributed by atoms with E-state index in [2.05, 4.69) is 84.0 Å². The Labute approximate surface area is 166 Å². The lowest BCUT2D eigenvalue weighted by Gasteiger charge is -2.21. The number of nitrogens with zero attached hydrogens (tertiary/aromatic N) is 2. The van der Waals surface area contributed by atoms with E-state index in [0.29, 0.717) is 0 Å². The van der Waals surface area contributed by atoms with Crippen LogP contribution in [-0.4, -0.2) is 13.1 Å². The van der Waals surface area contributed by atoms with Crippen LogP contribution in [0.25, 0.3) is 27.5 Å². The summed E-state index contributed by atoms with van der Waals surface area (Å²) in [6.45, 7) is 6.38. The number of hydrogen-bond donors (Lipinski definition) is 1. The van der Waals surface area contributed by atoms with Gasteiger partial charge in [0.1, 0.15) is 0 Å². The molecule has 4 rings (SSSR count). The molecule has 0 saturated carbocycles. The number of fused-ring (bicyclic) bond motifs is 2. The van der Waals surface area contributed by atoms with Gasteiger partial charge in [-0.1, -0.05) is 18.2 Å². The molecule has 1 aromatic heterocycles. The molecule has 0 fully saturated rings. The fourth-order valence-corrected chi connectivity index (χ4v) is 3.66. The van der Waals surface area contributed by atoms with Crippen LogP contribution < -0.4 is 27.6 Å². The van der Waals surface area contributed by atoms with Gasteiger partial charge in [0.15, 0.2) is 0 Å². The van der Waals surface area contributed by atoms with Gasteiger partial charge >= 0.3 is 0 Å². The molecule has 4 aromatic rings. The van der Waals surface area contributed by atoms with Crippen molar-refractivity contribution >= 4 is 33.2 Å². The molecule has 3 nitrogen and oxygen atoms in total. The summed E-state index contributed by atoms with van der Waals surface area (Å²) < 4.78 is 2.31. The molecule has 138 valence electrons. The Morgan fingerprint density at radius 3 is 2.07 bits per heavy atom. The third-order valence-corrected chi connectivity index (χ3v) is 5.00. The maximum atomic E-state index is 6.11. The Hall–Kier alpha value is -2.78. The predicted molar refractivity (Wildman–Crippen MR) is 111 cm³/mol.